The number of fused-ring (bicyclic) bond motifs is 1. The molecule has 0 saturated heterocycles. The fourth-order valence-corrected chi connectivity index (χ4v) is 4.21. The first kappa shape index (κ1) is 19.4. The molecular formula is C24H23N3O4. The van der Waals surface area contributed by atoms with Crippen molar-refractivity contribution >= 4 is 11.7 Å². The van der Waals surface area contributed by atoms with Crippen LogP contribution in [0.4, 0.5) is 0 Å². The fourth-order valence-electron chi connectivity index (χ4n) is 4.21. The summed E-state index contributed by atoms with van der Waals surface area (Å²) in [6.07, 6.45) is 3.56. The summed E-state index contributed by atoms with van der Waals surface area (Å²) in [5.74, 6) is -0.273. The molecule has 7 heteroatoms. The average molecular weight is 417 g/mol. The lowest BCUT2D eigenvalue weighted by Gasteiger charge is -2.13. The van der Waals surface area contributed by atoms with E-state index in [-0.39, 0.29) is 24.1 Å². The molecule has 1 aliphatic heterocycles. The maximum Gasteiger partial charge on any atom is 0.331 e. The number of rotatable bonds is 6. The van der Waals surface area contributed by atoms with E-state index < -0.39 is 5.69 Å². The Bertz CT molecular complexity index is 1250. The van der Waals surface area contributed by atoms with E-state index in [0.29, 0.717) is 19.1 Å². The molecule has 0 radical (unpaired) electrons. The van der Waals surface area contributed by atoms with Gasteiger partial charge in [-0.3, -0.25) is 18.7 Å². The van der Waals surface area contributed by atoms with Crippen molar-refractivity contribution in [1.29, 1.82) is 0 Å². The molecule has 2 heterocycles. The van der Waals surface area contributed by atoms with Gasteiger partial charge in [-0.1, -0.05) is 30.3 Å². The van der Waals surface area contributed by atoms with Crippen LogP contribution in [0.1, 0.15) is 41.3 Å². The SMILES string of the molecule is CC(=O)Cn1c(O)cn(Cc2ccc(-c3ccc4c(c3)CN(C3CC3)C4=O)cc2)c1=O. The van der Waals surface area contributed by atoms with Gasteiger partial charge in [0.1, 0.15) is 5.78 Å². The van der Waals surface area contributed by atoms with E-state index in [0.717, 1.165) is 45.2 Å². The number of aromatic hydroxyl groups is 1. The quantitative estimate of drug-likeness (QED) is 0.668. The van der Waals surface area contributed by atoms with Crippen molar-refractivity contribution in [2.45, 2.75) is 45.4 Å². The second-order valence-electron chi connectivity index (χ2n) is 8.42. The predicted octanol–water partition coefficient (Wildman–Crippen LogP) is 2.78. The van der Waals surface area contributed by atoms with Crippen LogP contribution in [-0.2, 0) is 24.4 Å². The molecule has 31 heavy (non-hydrogen) atoms. The van der Waals surface area contributed by atoms with Gasteiger partial charge in [0.25, 0.3) is 5.91 Å². The zero-order valence-corrected chi connectivity index (χ0v) is 17.2. The minimum absolute atomic E-state index is 0.143. The van der Waals surface area contributed by atoms with Gasteiger partial charge in [0, 0.05) is 18.2 Å². The zero-order chi connectivity index (χ0) is 21.7. The minimum atomic E-state index is -0.416. The first-order valence-corrected chi connectivity index (χ1v) is 10.4. The van der Waals surface area contributed by atoms with Crippen molar-refractivity contribution in [2.75, 3.05) is 0 Å². The van der Waals surface area contributed by atoms with Crippen LogP contribution >= 0.6 is 0 Å². The van der Waals surface area contributed by atoms with E-state index in [1.165, 1.54) is 17.7 Å². The number of imidazole rings is 1. The second-order valence-corrected chi connectivity index (χ2v) is 8.42. The average Bonchev–Trinajstić information content (AvgIpc) is 3.50. The highest BCUT2D eigenvalue weighted by molar-refractivity contribution is 5.99. The highest BCUT2D eigenvalue weighted by atomic mass is 16.3. The predicted molar refractivity (Wildman–Crippen MR) is 115 cm³/mol. The van der Waals surface area contributed by atoms with Crippen LogP contribution in [0.5, 0.6) is 5.88 Å². The van der Waals surface area contributed by atoms with Crippen molar-refractivity contribution in [3.63, 3.8) is 0 Å². The Kier molecular flexibility index (Phi) is 4.54. The summed E-state index contributed by atoms with van der Waals surface area (Å²) < 4.78 is 2.45. The van der Waals surface area contributed by atoms with Gasteiger partial charge in [-0.15, -0.1) is 0 Å². The molecule has 1 fully saturated rings. The van der Waals surface area contributed by atoms with Crippen molar-refractivity contribution in [3.05, 3.63) is 75.8 Å². The van der Waals surface area contributed by atoms with Gasteiger partial charge in [0.15, 0.2) is 0 Å². The number of carbonyl (C=O) groups excluding carboxylic acids is 2. The van der Waals surface area contributed by atoms with E-state index in [9.17, 15) is 19.5 Å². The summed E-state index contributed by atoms with van der Waals surface area (Å²) >= 11 is 0. The summed E-state index contributed by atoms with van der Waals surface area (Å²) in [4.78, 5) is 38.2. The monoisotopic (exact) mass is 417 g/mol. The smallest absolute Gasteiger partial charge is 0.331 e. The number of aromatic nitrogens is 2. The number of benzene rings is 2. The standard InChI is InChI=1S/C24H23N3O4/c1-15(28)11-27-22(29)14-25(24(27)31)12-16-2-4-17(5-3-16)18-6-9-21-19(10-18)13-26(23(21)30)20-7-8-20/h2-6,9-10,14,20,29H,7-8,11-13H2,1H3. The van der Waals surface area contributed by atoms with Crippen molar-refractivity contribution in [1.82, 2.24) is 14.0 Å². The van der Waals surface area contributed by atoms with Gasteiger partial charge in [-0.2, -0.15) is 0 Å². The third-order valence-electron chi connectivity index (χ3n) is 5.97. The third kappa shape index (κ3) is 3.56. The molecule has 7 nitrogen and oxygen atoms in total. The van der Waals surface area contributed by atoms with Crippen LogP contribution in [0, 0.1) is 0 Å². The Labute approximate surface area is 179 Å². The highest BCUT2D eigenvalue weighted by Crippen LogP contribution is 2.36. The molecule has 158 valence electrons. The number of ketones is 1. The lowest BCUT2D eigenvalue weighted by Crippen LogP contribution is -2.26. The molecule has 2 aromatic carbocycles. The summed E-state index contributed by atoms with van der Waals surface area (Å²) in [5, 5.41) is 9.95. The van der Waals surface area contributed by atoms with Gasteiger partial charge in [0.2, 0.25) is 5.88 Å². The molecule has 1 amide bonds. The first-order chi connectivity index (χ1) is 14.9. The molecule has 1 aromatic heterocycles. The molecule has 5 rings (SSSR count). The largest absolute Gasteiger partial charge is 0.493 e. The van der Waals surface area contributed by atoms with Crippen molar-refractivity contribution in [2.24, 2.45) is 0 Å². The van der Waals surface area contributed by atoms with Crippen LogP contribution in [-0.4, -0.2) is 36.9 Å². The molecule has 1 aliphatic carbocycles. The normalized spacial score (nSPS) is 15.4. The van der Waals surface area contributed by atoms with Gasteiger partial charge >= 0.3 is 5.69 Å². The van der Waals surface area contributed by atoms with E-state index in [1.807, 2.05) is 41.3 Å². The number of nitrogens with zero attached hydrogens (tertiary/aromatic N) is 3. The van der Waals surface area contributed by atoms with Crippen molar-refractivity contribution in [3.8, 4) is 17.0 Å². The molecule has 3 aromatic rings. The molecule has 0 bridgehead atoms. The molecule has 1 saturated carbocycles. The lowest BCUT2D eigenvalue weighted by atomic mass is 9.99. The van der Waals surface area contributed by atoms with Crippen LogP contribution < -0.4 is 5.69 Å². The van der Waals surface area contributed by atoms with E-state index in [1.54, 1.807) is 0 Å². The fraction of sp³-hybridized carbons (Fsp3) is 0.292. The third-order valence-corrected chi connectivity index (χ3v) is 5.97. The topological polar surface area (TPSA) is 84.5 Å². The number of carbonyl (C=O) groups is 2. The Morgan fingerprint density at radius 3 is 2.45 bits per heavy atom. The Morgan fingerprint density at radius 1 is 1.06 bits per heavy atom. The van der Waals surface area contributed by atoms with E-state index in [4.69, 9.17) is 0 Å². The summed E-state index contributed by atoms with van der Waals surface area (Å²) in [6, 6.07) is 14.3. The lowest BCUT2D eigenvalue weighted by molar-refractivity contribution is -0.117. The number of hydrogen-bond acceptors (Lipinski definition) is 4. The van der Waals surface area contributed by atoms with Gasteiger partial charge in [0.05, 0.1) is 19.3 Å². The highest BCUT2D eigenvalue weighted by Gasteiger charge is 2.38. The van der Waals surface area contributed by atoms with E-state index in [2.05, 4.69) is 6.07 Å². The van der Waals surface area contributed by atoms with Crippen LogP contribution in [0.2, 0.25) is 0 Å². The molecule has 2 aliphatic rings. The molecular weight excluding hydrogens is 394 g/mol. The summed E-state index contributed by atoms with van der Waals surface area (Å²) in [7, 11) is 0. The Balaban J connectivity index is 1.35. The number of Topliss-reactive ketones (excluding diaryl/α,β-unsaturated/α-hetero) is 1. The zero-order valence-electron chi connectivity index (χ0n) is 17.2. The molecule has 0 spiro atoms. The van der Waals surface area contributed by atoms with Crippen molar-refractivity contribution < 1.29 is 14.7 Å². The van der Waals surface area contributed by atoms with Gasteiger partial charge < -0.3 is 10.0 Å². The minimum Gasteiger partial charge on any atom is -0.493 e. The number of amides is 1. The van der Waals surface area contributed by atoms with Gasteiger partial charge in [-0.05, 0) is 54.2 Å². The summed E-state index contributed by atoms with van der Waals surface area (Å²) in [5.41, 5.74) is 4.46. The maximum atomic E-state index is 12.5. The Hall–Kier alpha value is -3.61. The van der Waals surface area contributed by atoms with E-state index >= 15 is 0 Å². The number of hydrogen-bond donors (Lipinski definition) is 1. The first-order valence-electron chi connectivity index (χ1n) is 10.4. The van der Waals surface area contributed by atoms with Crippen LogP contribution in [0.3, 0.4) is 0 Å². The Morgan fingerprint density at radius 2 is 1.77 bits per heavy atom. The summed E-state index contributed by atoms with van der Waals surface area (Å²) in [6.45, 7) is 2.22. The second kappa shape index (κ2) is 7.27. The van der Waals surface area contributed by atoms with Gasteiger partial charge in [-0.25, -0.2) is 4.79 Å². The van der Waals surface area contributed by atoms with Crippen LogP contribution in [0.15, 0.2) is 53.5 Å². The van der Waals surface area contributed by atoms with Crippen LogP contribution in [0.25, 0.3) is 11.1 Å². The molecule has 1 N–H and O–H groups in total. The molecule has 0 atom stereocenters. The maximum absolute atomic E-state index is 12.5. The molecule has 0 unspecified atom stereocenters.